The van der Waals surface area contributed by atoms with Crippen LogP contribution in [0.25, 0.3) is 16.9 Å². The van der Waals surface area contributed by atoms with Gasteiger partial charge in [0, 0.05) is 6.92 Å². The minimum atomic E-state index is -0.833. The predicted octanol–water partition coefficient (Wildman–Crippen LogP) is 1.96. The molecule has 0 saturated carbocycles. The molecular formula is C16H13FLiN3O2. The van der Waals surface area contributed by atoms with Crippen molar-refractivity contribution >= 4 is 27.9 Å². The van der Waals surface area contributed by atoms with E-state index in [0.717, 1.165) is 28.1 Å². The molecule has 0 unspecified atom stereocenters. The van der Waals surface area contributed by atoms with Crippen LogP contribution in [-0.2, 0) is 4.79 Å². The van der Waals surface area contributed by atoms with Gasteiger partial charge in [0.25, 0.3) is 5.97 Å². The zero-order valence-electron chi connectivity index (χ0n) is 12.8. The number of pyridine rings is 1. The van der Waals surface area contributed by atoms with E-state index >= 15 is 0 Å². The molecule has 5 nitrogen and oxygen atoms in total. The van der Waals surface area contributed by atoms with Crippen LogP contribution < -0.4 is 4.24 Å². The molecule has 0 aliphatic heterocycles. The normalized spacial score (nSPS) is 9.91. The van der Waals surface area contributed by atoms with Gasteiger partial charge in [0.05, 0.1) is 0 Å². The topological polar surface area (TPSA) is 68.0 Å². The van der Waals surface area contributed by atoms with E-state index in [1.165, 1.54) is 12.1 Å². The minimum absolute atomic E-state index is 0.252. The summed E-state index contributed by atoms with van der Waals surface area (Å²) in [4.78, 5) is 13.0. The summed E-state index contributed by atoms with van der Waals surface area (Å²) in [6.45, 7) is 1.08. The zero-order valence-corrected chi connectivity index (χ0v) is 12.8. The summed E-state index contributed by atoms with van der Waals surface area (Å²) >= 11 is 2.00. The van der Waals surface area contributed by atoms with Crippen LogP contribution in [0.1, 0.15) is 6.92 Å². The second-order valence-electron chi connectivity index (χ2n) is 4.82. The Bertz CT molecular complexity index is 785. The summed E-state index contributed by atoms with van der Waals surface area (Å²) in [6, 6.07) is 10.2. The molecule has 0 saturated heterocycles. The average molecular weight is 305 g/mol. The third kappa shape index (κ3) is 4.52. The van der Waals surface area contributed by atoms with Crippen LogP contribution in [0.4, 0.5) is 4.39 Å². The maximum absolute atomic E-state index is 13.0. The first-order valence-corrected chi connectivity index (χ1v) is 6.89. The van der Waals surface area contributed by atoms with Crippen molar-refractivity contribution in [2.45, 2.75) is 6.92 Å². The zero-order chi connectivity index (χ0) is 16.8. The molecule has 0 amide bonds. The fraction of sp³-hybridized carbons (Fsp3) is 0.0625. The van der Waals surface area contributed by atoms with Crippen LogP contribution in [0.2, 0.25) is 0 Å². The van der Waals surface area contributed by atoms with Crippen LogP contribution in [-0.4, -0.2) is 43.6 Å². The maximum atomic E-state index is 13.0. The second kappa shape index (κ2) is 7.72. The first kappa shape index (κ1) is 16.9. The number of rotatable bonds is 2. The Balaban J connectivity index is 0.000000433. The van der Waals surface area contributed by atoms with E-state index in [4.69, 9.17) is 9.90 Å². The van der Waals surface area contributed by atoms with Crippen molar-refractivity contribution in [2.24, 2.45) is 0 Å². The molecule has 1 aromatic carbocycles. The van der Waals surface area contributed by atoms with Gasteiger partial charge in [-0.2, -0.15) is 0 Å². The fourth-order valence-electron chi connectivity index (χ4n) is 2.07. The molecular weight excluding hydrogens is 292 g/mol. The molecule has 3 rings (SSSR count). The van der Waals surface area contributed by atoms with Crippen molar-refractivity contribution in [3.63, 3.8) is 0 Å². The summed E-state index contributed by atoms with van der Waals surface area (Å²) in [5, 5.41) is 11.8. The molecule has 2 aromatic heterocycles. The van der Waals surface area contributed by atoms with E-state index in [-0.39, 0.29) is 5.82 Å². The van der Waals surface area contributed by atoms with Crippen LogP contribution in [0, 0.1) is 5.82 Å². The monoisotopic (exact) mass is 305 g/mol. The number of halogens is 1. The van der Waals surface area contributed by atoms with E-state index in [9.17, 15) is 4.39 Å². The molecule has 2 heterocycles. The van der Waals surface area contributed by atoms with E-state index in [2.05, 4.69) is 10.1 Å². The van der Waals surface area contributed by atoms with Crippen molar-refractivity contribution in [1.82, 2.24) is 14.8 Å². The van der Waals surface area contributed by atoms with Gasteiger partial charge in [-0.15, -0.1) is 0 Å². The van der Waals surface area contributed by atoms with Gasteiger partial charge < -0.3 is 5.11 Å². The molecule has 0 aliphatic carbocycles. The number of carbonyl (C=O) groups is 1. The molecule has 112 valence electrons. The number of carboxylic acid groups (broad SMARTS) is 1. The van der Waals surface area contributed by atoms with Gasteiger partial charge in [-0.1, -0.05) is 0 Å². The fourth-order valence-corrected chi connectivity index (χ4v) is 2.07. The van der Waals surface area contributed by atoms with Crippen LogP contribution in [0.15, 0.2) is 55.0 Å². The molecule has 0 spiro atoms. The number of aromatic nitrogens is 3. The Labute approximate surface area is 142 Å². The predicted molar refractivity (Wildman–Crippen MR) is 85.5 cm³/mol. The van der Waals surface area contributed by atoms with E-state index in [1.54, 1.807) is 30.7 Å². The van der Waals surface area contributed by atoms with Gasteiger partial charge in [-0.05, 0) is 0 Å². The molecule has 1 N–H and O–H groups in total. The Hall–Kier alpha value is -2.42. The van der Waals surface area contributed by atoms with Gasteiger partial charge in [-0.3, -0.25) is 4.79 Å². The van der Waals surface area contributed by atoms with Crippen LogP contribution in [0.5, 0.6) is 0 Å². The van der Waals surface area contributed by atoms with Gasteiger partial charge in [0.2, 0.25) is 0 Å². The Kier molecular flexibility index (Phi) is 5.69. The van der Waals surface area contributed by atoms with Crippen LogP contribution >= 0.6 is 0 Å². The number of carboxylic acids is 1. The van der Waals surface area contributed by atoms with E-state index in [1.807, 2.05) is 34.5 Å². The molecule has 0 fully saturated rings. The van der Waals surface area contributed by atoms with Crippen molar-refractivity contribution in [1.29, 1.82) is 0 Å². The average Bonchev–Trinajstić information content (AvgIpc) is 2.90. The van der Waals surface area contributed by atoms with Crippen molar-refractivity contribution in [2.75, 3.05) is 0 Å². The summed E-state index contributed by atoms with van der Waals surface area (Å²) in [7, 11) is 0. The van der Waals surface area contributed by atoms with Gasteiger partial charge in [-0.25, -0.2) is 0 Å². The molecule has 3 aromatic rings. The van der Waals surface area contributed by atoms with Crippen molar-refractivity contribution < 1.29 is 14.3 Å². The van der Waals surface area contributed by atoms with Crippen LogP contribution in [0.3, 0.4) is 0 Å². The third-order valence-electron chi connectivity index (χ3n) is 2.98. The Morgan fingerprint density at radius 3 is 2.30 bits per heavy atom. The number of benzene rings is 1. The summed E-state index contributed by atoms with van der Waals surface area (Å²) < 4.78 is 15.9. The summed E-state index contributed by atoms with van der Waals surface area (Å²) in [5.41, 5.74) is 2.87. The molecule has 0 radical (unpaired) electrons. The van der Waals surface area contributed by atoms with Crippen molar-refractivity contribution in [3.8, 4) is 16.9 Å². The van der Waals surface area contributed by atoms with Gasteiger partial charge in [0.15, 0.2) is 0 Å². The Morgan fingerprint density at radius 1 is 1.17 bits per heavy atom. The van der Waals surface area contributed by atoms with E-state index < -0.39 is 5.97 Å². The molecule has 23 heavy (non-hydrogen) atoms. The Morgan fingerprint density at radius 2 is 1.74 bits per heavy atom. The standard InChI is InChI=1S/C14H9FN3.C2H4O2.Li/c15-12-1-3-13(4-2-12)18-14(7-10-17-18)11-5-8-16-9-6-11;1-2(3)4;/h1-6,8-10H;1H3,(H,3,4);. The molecule has 7 heteroatoms. The number of hydrogen-bond donors (Lipinski definition) is 1. The molecule has 0 bridgehead atoms. The first-order valence-electron chi connectivity index (χ1n) is 6.89. The molecule has 0 atom stereocenters. The second-order valence-corrected chi connectivity index (χ2v) is 4.82. The van der Waals surface area contributed by atoms with E-state index in [0.29, 0.717) is 0 Å². The quantitative estimate of drug-likeness (QED) is 0.735. The van der Waals surface area contributed by atoms with Gasteiger partial charge in [0.1, 0.15) is 0 Å². The molecule has 0 aliphatic rings. The number of hydrogen-bond acceptors (Lipinski definition) is 3. The summed E-state index contributed by atoms with van der Waals surface area (Å²) in [6.07, 6.45) is 5.30. The van der Waals surface area contributed by atoms with Gasteiger partial charge >= 0.3 is 119 Å². The SMILES string of the molecule is CC(=O)O.[Li][c]1cnn(-c2ccc(F)cc2)c1-c1ccncc1. The summed E-state index contributed by atoms with van der Waals surface area (Å²) in [5.74, 6) is -1.09. The third-order valence-corrected chi connectivity index (χ3v) is 2.98. The van der Waals surface area contributed by atoms with Crippen molar-refractivity contribution in [3.05, 3.63) is 60.8 Å². The first-order chi connectivity index (χ1) is 11.0. The number of aliphatic carboxylic acids is 1. The number of nitrogens with zero attached hydrogens (tertiary/aromatic N) is 3.